The number of benzene rings is 1. The number of pyridine rings is 1. The molecule has 5 nitrogen and oxygen atoms in total. The Hall–Kier alpha value is -2.58. The number of aryl methyl sites for hydroxylation is 1. The van der Waals surface area contributed by atoms with Crippen molar-refractivity contribution in [3.8, 4) is 11.8 Å². The first-order valence-corrected chi connectivity index (χ1v) is 6.51. The van der Waals surface area contributed by atoms with Crippen molar-refractivity contribution in [3.05, 3.63) is 52.7 Å². The van der Waals surface area contributed by atoms with Gasteiger partial charge in [0.1, 0.15) is 17.6 Å². The van der Waals surface area contributed by atoms with Crippen LogP contribution in [0, 0.1) is 18.3 Å². The van der Waals surface area contributed by atoms with Crippen molar-refractivity contribution in [1.82, 2.24) is 4.98 Å². The molecule has 0 radical (unpaired) electrons. The summed E-state index contributed by atoms with van der Waals surface area (Å²) in [6.07, 6.45) is 1.44. The minimum atomic E-state index is -0.366. The number of hydrogen-bond acceptors (Lipinski definition) is 4. The SMILES string of the molecule is Cc1ccc(OCC(=O)Nc2ccc(Cl)cn2)c(C#N)c1. The number of nitrogens with zero attached hydrogens (tertiary/aromatic N) is 2. The summed E-state index contributed by atoms with van der Waals surface area (Å²) in [6.45, 7) is 1.67. The molecular formula is C15H12ClN3O2. The number of nitriles is 1. The fourth-order valence-corrected chi connectivity index (χ4v) is 1.74. The van der Waals surface area contributed by atoms with Crippen molar-refractivity contribution in [2.24, 2.45) is 0 Å². The lowest BCUT2D eigenvalue weighted by Gasteiger charge is -2.08. The largest absolute Gasteiger partial charge is 0.482 e. The summed E-state index contributed by atoms with van der Waals surface area (Å²) in [6, 6.07) is 10.4. The van der Waals surface area contributed by atoms with E-state index >= 15 is 0 Å². The van der Waals surface area contributed by atoms with Gasteiger partial charge in [-0.1, -0.05) is 17.7 Å². The molecule has 0 unspecified atom stereocenters. The molecule has 1 aromatic carbocycles. The van der Waals surface area contributed by atoms with Crippen molar-refractivity contribution in [2.45, 2.75) is 6.92 Å². The maximum atomic E-state index is 11.7. The molecule has 21 heavy (non-hydrogen) atoms. The minimum Gasteiger partial charge on any atom is -0.482 e. The van der Waals surface area contributed by atoms with Crippen LogP contribution in [0.5, 0.6) is 5.75 Å². The second kappa shape index (κ2) is 6.73. The number of amides is 1. The maximum Gasteiger partial charge on any atom is 0.263 e. The van der Waals surface area contributed by atoms with Gasteiger partial charge in [0, 0.05) is 6.20 Å². The standard InChI is InChI=1S/C15H12ClN3O2/c1-10-2-4-13(11(6-10)7-17)21-9-15(20)19-14-5-3-12(16)8-18-14/h2-6,8H,9H2,1H3,(H,18,19,20). The first-order chi connectivity index (χ1) is 10.1. The number of carbonyl (C=O) groups is 1. The summed E-state index contributed by atoms with van der Waals surface area (Å²) in [5.74, 6) is 0.397. The van der Waals surface area contributed by atoms with E-state index in [0.29, 0.717) is 22.2 Å². The van der Waals surface area contributed by atoms with Gasteiger partial charge in [-0.3, -0.25) is 4.79 Å². The fourth-order valence-electron chi connectivity index (χ4n) is 1.63. The Morgan fingerprint density at radius 3 is 2.90 bits per heavy atom. The monoisotopic (exact) mass is 301 g/mol. The van der Waals surface area contributed by atoms with Gasteiger partial charge in [0.05, 0.1) is 10.6 Å². The number of rotatable bonds is 4. The van der Waals surface area contributed by atoms with Crippen molar-refractivity contribution in [2.75, 3.05) is 11.9 Å². The molecule has 2 aromatic rings. The molecule has 6 heteroatoms. The van der Waals surface area contributed by atoms with Crippen LogP contribution in [0.4, 0.5) is 5.82 Å². The summed E-state index contributed by atoms with van der Waals surface area (Å²) in [5, 5.41) is 12.1. The Morgan fingerprint density at radius 2 is 2.24 bits per heavy atom. The number of aromatic nitrogens is 1. The Labute approximate surface area is 127 Å². The summed E-state index contributed by atoms with van der Waals surface area (Å²) in [5.41, 5.74) is 1.35. The van der Waals surface area contributed by atoms with Crippen molar-refractivity contribution < 1.29 is 9.53 Å². The van der Waals surface area contributed by atoms with Crippen LogP contribution in [0.15, 0.2) is 36.5 Å². The lowest BCUT2D eigenvalue weighted by molar-refractivity contribution is -0.118. The highest BCUT2D eigenvalue weighted by Crippen LogP contribution is 2.19. The second-order valence-electron chi connectivity index (χ2n) is 4.31. The molecular weight excluding hydrogens is 290 g/mol. The topological polar surface area (TPSA) is 75.0 Å². The first kappa shape index (κ1) is 14.8. The quantitative estimate of drug-likeness (QED) is 0.942. The molecule has 1 aromatic heterocycles. The third-order valence-corrected chi connectivity index (χ3v) is 2.83. The van der Waals surface area contributed by atoms with E-state index in [9.17, 15) is 4.79 Å². The zero-order chi connectivity index (χ0) is 15.2. The van der Waals surface area contributed by atoms with Gasteiger partial charge in [-0.05, 0) is 36.8 Å². The van der Waals surface area contributed by atoms with Gasteiger partial charge in [0.15, 0.2) is 6.61 Å². The van der Waals surface area contributed by atoms with Crippen molar-refractivity contribution >= 4 is 23.3 Å². The van der Waals surface area contributed by atoms with Gasteiger partial charge in [-0.25, -0.2) is 4.98 Å². The highest BCUT2D eigenvalue weighted by Gasteiger charge is 2.08. The molecule has 2 rings (SSSR count). The van der Waals surface area contributed by atoms with E-state index in [4.69, 9.17) is 21.6 Å². The summed E-state index contributed by atoms with van der Waals surface area (Å²) >= 11 is 5.71. The van der Waals surface area contributed by atoms with E-state index in [-0.39, 0.29) is 12.5 Å². The van der Waals surface area contributed by atoms with Gasteiger partial charge >= 0.3 is 0 Å². The maximum absolute atomic E-state index is 11.7. The van der Waals surface area contributed by atoms with Gasteiger partial charge < -0.3 is 10.1 Å². The zero-order valence-corrected chi connectivity index (χ0v) is 12.0. The molecule has 1 N–H and O–H groups in total. The number of nitrogens with one attached hydrogen (secondary N) is 1. The highest BCUT2D eigenvalue weighted by atomic mass is 35.5. The molecule has 0 saturated heterocycles. The lowest BCUT2D eigenvalue weighted by Crippen LogP contribution is -2.21. The van der Waals surface area contributed by atoms with Crippen LogP contribution in [0.3, 0.4) is 0 Å². The molecule has 0 saturated carbocycles. The van der Waals surface area contributed by atoms with Crippen LogP contribution in [0.1, 0.15) is 11.1 Å². The van der Waals surface area contributed by atoms with Crippen molar-refractivity contribution in [3.63, 3.8) is 0 Å². The first-order valence-electron chi connectivity index (χ1n) is 6.13. The molecule has 0 spiro atoms. The predicted molar refractivity (Wildman–Crippen MR) is 79.3 cm³/mol. The number of halogens is 1. The Kier molecular flexibility index (Phi) is 4.75. The fraction of sp³-hybridized carbons (Fsp3) is 0.133. The highest BCUT2D eigenvalue weighted by molar-refractivity contribution is 6.30. The Balaban J connectivity index is 1.95. The van der Waals surface area contributed by atoms with Crippen LogP contribution in [0.2, 0.25) is 5.02 Å². The van der Waals surface area contributed by atoms with Gasteiger partial charge in [0.2, 0.25) is 0 Å². The molecule has 0 aliphatic rings. The summed E-state index contributed by atoms with van der Waals surface area (Å²) in [7, 11) is 0. The molecule has 0 fully saturated rings. The Morgan fingerprint density at radius 1 is 1.43 bits per heavy atom. The predicted octanol–water partition coefficient (Wildman–Crippen LogP) is 2.93. The third-order valence-electron chi connectivity index (χ3n) is 2.61. The van der Waals surface area contributed by atoms with E-state index in [1.807, 2.05) is 19.1 Å². The third kappa shape index (κ3) is 4.20. The molecule has 0 atom stereocenters. The minimum absolute atomic E-state index is 0.206. The average molecular weight is 302 g/mol. The van der Waals surface area contributed by atoms with E-state index < -0.39 is 0 Å². The van der Waals surface area contributed by atoms with Crippen LogP contribution in [0.25, 0.3) is 0 Å². The molecule has 106 valence electrons. The van der Waals surface area contributed by atoms with Crippen LogP contribution in [-0.2, 0) is 4.79 Å². The van der Waals surface area contributed by atoms with Gasteiger partial charge in [-0.2, -0.15) is 5.26 Å². The van der Waals surface area contributed by atoms with Gasteiger partial charge in [-0.15, -0.1) is 0 Å². The smallest absolute Gasteiger partial charge is 0.263 e. The zero-order valence-electron chi connectivity index (χ0n) is 11.3. The molecule has 1 amide bonds. The molecule has 0 aliphatic carbocycles. The average Bonchev–Trinajstić information content (AvgIpc) is 2.48. The normalized spacial score (nSPS) is 9.76. The second-order valence-corrected chi connectivity index (χ2v) is 4.75. The van der Waals surface area contributed by atoms with E-state index in [1.165, 1.54) is 6.20 Å². The Bertz CT molecular complexity index is 693. The summed E-state index contributed by atoms with van der Waals surface area (Å²) < 4.78 is 5.35. The summed E-state index contributed by atoms with van der Waals surface area (Å²) in [4.78, 5) is 15.7. The van der Waals surface area contributed by atoms with E-state index in [1.54, 1.807) is 24.3 Å². The van der Waals surface area contributed by atoms with E-state index in [2.05, 4.69) is 10.3 Å². The molecule has 1 heterocycles. The van der Waals surface area contributed by atoms with Crippen molar-refractivity contribution in [1.29, 1.82) is 5.26 Å². The number of ether oxygens (including phenoxy) is 1. The van der Waals surface area contributed by atoms with Crippen LogP contribution < -0.4 is 10.1 Å². The number of carbonyl (C=O) groups excluding carboxylic acids is 1. The van der Waals surface area contributed by atoms with E-state index in [0.717, 1.165) is 5.56 Å². The van der Waals surface area contributed by atoms with Gasteiger partial charge in [0.25, 0.3) is 5.91 Å². The van der Waals surface area contributed by atoms with Crippen LogP contribution >= 0.6 is 11.6 Å². The lowest BCUT2D eigenvalue weighted by atomic mass is 10.1. The molecule has 0 bridgehead atoms. The molecule has 0 aliphatic heterocycles. The van der Waals surface area contributed by atoms with Crippen LogP contribution in [-0.4, -0.2) is 17.5 Å². The number of hydrogen-bond donors (Lipinski definition) is 1. The number of anilines is 1.